The van der Waals surface area contributed by atoms with Gasteiger partial charge in [-0.3, -0.25) is 0 Å². The lowest BCUT2D eigenvalue weighted by Crippen LogP contribution is -2.14. The van der Waals surface area contributed by atoms with Crippen LogP contribution in [0.5, 0.6) is 5.75 Å². The minimum absolute atomic E-state index is 0.0814. The fraction of sp³-hybridized carbons (Fsp3) is 0.312. The van der Waals surface area contributed by atoms with Crippen molar-refractivity contribution in [2.24, 2.45) is 0 Å². The van der Waals surface area contributed by atoms with E-state index in [2.05, 4.69) is 0 Å². The predicted octanol–water partition coefficient (Wildman–Crippen LogP) is 2.10. The fourth-order valence-electron chi connectivity index (χ4n) is 1.52. The molecule has 6 heteroatoms. The van der Waals surface area contributed by atoms with Gasteiger partial charge in [0.1, 0.15) is 17.4 Å². The van der Waals surface area contributed by atoms with Crippen LogP contribution in [0.15, 0.2) is 29.8 Å². The number of esters is 2. The molecule has 1 rings (SSSR count). The van der Waals surface area contributed by atoms with Crippen molar-refractivity contribution in [3.63, 3.8) is 0 Å². The maximum Gasteiger partial charge on any atom is 0.348 e. The summed E-state index contributed by atoms with van der Waals surface area (Å²) >= 11 is 0. The third-order valence-corrected chi connectivity index (χ3v) is 2.47. The van der Waals surface area contributed by atoms with Crippen LogP contribution in [0.3, 0.4) is 0 Å². The van der Waals surface area contributed by atoms with Crippen LogP contribution in [0.4, 0.5) is 0 Å². The Labute approximate surface area is 128 Å². The molecule has 0 unspecified atom stereocenters. The topological polar surface area (TPSA) is 85.6 Å². The first kappa shape index (κ1) is 17.2. The van der Waals surface area contributed by atoms with E-state index in [-0.39, 0.29) is 18.8 Å². The number of nitrogens with zero attached hydrogens (tertiary/aromatic N) is 1. The highest BCUT2D eigenvalue weighted by atomic mass is 16.6. The lowest BCUT2D eigenvalue weighted by Gasteiger charge is -2.06. The summed E-state index contributed by atoms with van der Waals surface area (Å²) in [6, 6.07) is 8.39. The third kappa shape index (κ3) is 5.67. The van der Waals surface area contributed by atoms with E-state index >= 15 is 0 Å². The molecule has 0 aliphatic rings. The van der Waals surface area contributed by atoms with Crippen molar-refractivity contribution in [2.75, 3.05) is 19.8 Å². The van der Waals surface area contributed by atoms with Crippen LogP contribution in [-0.2, 0) is 19.1 Å². The smallest absolute Gasteiger partial charge is 0.348 e. The Balaban J connectivity index is 2.70. The first-order chi connectivity index (χ1) is 10.6. The van der Waals surface area contributed by atoms with Crippen molar-refractivity contribution in [1.29, 1.82) is 5.26 Å². The predicted molar refractivity (Wildman–Crippen MR) is 78.8 cm³/mol. The van der Waals surface area contributed by atoms with Crippen LogP contribution in [0.25, 0.3) is 6.08 Å². The molecule has 6 nitrogen and oxygen atoms in total. The number of carbonyl (C=O) groups is 2. The minimum Gasteiger partial charge on any atom is -0.482 e. The summed E-state index contributed by atoms with van der Waals surface area (Å²) in [4.78, 5) is 22.7. The zero-order valence-corrected chi connectivity index (χ0v) is 12.5. The molecule has 0 spiro atoms. The number of nitriles is 1. The van der Waals surface area contributed by atoms with Crippen LogP contribution < -0.4 is 4.74 Å². The second-order valence-electron chi connectivity index (χ2n) is 4.05. The minimum atomic E-state index is -0.660. The van der Waals surface area contributed by atoms with E-state index in [0.717, 1.165) is 0 Å². The quantitative estimate of drug-likeness (QED) is 0.435. The van der Waals surface area contributed by atoms with Gasteiger partial charge >= 0.3 is 11.9 Å². The molecule has 0 radical (unpaired) electrons. The normalized spacial score (nSPS) is 10.5. The highest BCUT2D eigenvalue weighted by Crippen LogP contribution is 2.15. The Morgan fingerprint density at radius 1 is 1.14 bits per heavy atom. The Bertz CT molecular complexity index is 584. The fourth-order valence-corrected chi connectivity index (χ4v) is 1.52. The molecule has 0 bridgehead atoms. The molecule has 0 aliphatic carbocycles. The summed E-state index contributed by atoms with van der Waals surface area (Å²) in [5.41, 5.74) is 0.565. The summed E-state index contributed by atoms with van der Waals surface area (Å²) in [7, 11) is 0. The van der Waals surface area contributed by atoms with E-state index in [1.165, 1.54) is 6.08 Å². The van der Waals surface area contributed by atoms with Crippen molar-refractivity contribution in [1.82, 2.24) is 0 Å². The van der Waals surface area contributed by atoms with Gasteiger partial charge in [-0.2, -0.15) is 5.26 Å². The maximum absolute atomic E-state index is 11.5. The van der Waals surface area contributed by atoms with E-state index in [1.807, 2.05) is 0 Å². The highest BCUT2D eigenvalue weighted by Gasteiger charge is 2.09. The van der Waals surface area contributed by atoms with Gasteiger partial charge in [-0.25, -0.2) is 9.59 Å². The van der Waals surface area contributed by atoms with E-state index < -0.39 is 11.9 Å². The van der Waals surface area contributed by atoms with Gasteiger partial charge in [0.2, 0.25) is 0 Å². The molecule has 1 aromatic rings. The van der Waals surface area contributed by atoms with Gasteiger partial charge in [-0.05, 0) is 37.6 Å². The molecule has 0 saturated heterocycles. The van der Waals surface area contributed by atoms with Gasteiger partial charge in [-0.15, -0.1) is 0 Å². The largest absolute Gasteiger partial charge is 0.482 e. The summed E-state index contributed by atoms with van der Waals surface area (Å²) in [6.07, 6.45) is 1.42. The van der Waals surface area contributed by atoms with Gasteiger partial charge in [0.15, 0.2) is 6.61 Å². The Morgan fingerprint density at radius 3 is 2.32 bits per heavy atom. The Kier molecular flexibility index (Phi) is 7.20. The molecule has 0 saturated carbocycles. The summed E-state index contributed by atoms with van der Waals surface area (Å²) in [5, 5.41) is 8.94. The van der Waals surface area contributed by atoms with Crippen LogP contribution in [0.1, 0.15) is 19.4 Å². The van der Waals surface area contributed by atoms with Gasteiger partial charge in [-0.1, -0.05) is 12.1 Å². The van der Waals surface area contributed by atoms with Crippen molar-refractivity contribution in [3.05, 3.63) is 35.4 Å². The third-order valence-electron chi connectivity index (χ3n) is 2.47. The molecule has 0 amide bonds. The average molecular weight is 303 g/mol. The first-order valence-electron chi connectivity index (χ1n) is 6.78. The number of hydrogen-bond donors (Lipinski definition) is 0. The molecule has 1 aromatic carbocycles. The monoisotopic (exact) mass is 303 g/mol. The number of rotatable bonds is 7. The molecule has 0 aromatic heterocycles. The molecular weight excluding hydrogens is 286 g/mol. The van der Waals surface area contributed by atoms with Gasteiger partial charge in [0, 0.05) is 0 Å². The van der Waals surface area contributed by atoms with E-state index in [0.29, 0.717) is 17.9 Å². The van der Waals surface area contributed by atoms with Gasteiger partial charge in [0.25, 0.3) is 0 Å². The number of hydrogen-bond acceptors (Lipinski definition) is 6. The number of ether oxygens (including phenoxy) is 3. The zero-order chi connectivity index (χ0) is 16.4. The molecule has 0 atom stereocenters. The van der Waals surface area contributed by atoms with Crippen molar-refractivity contribution >= 4 is 18.0 Å². The Morgan fingerprint density at radius 2 is 1.77 bits per heavy atom. The zero-order valence-electron chi connectivity index (χ0n) is 12.5. The molecule has 116 valence electrons. The number of benzene rings is 1. The van der Waals surface area contributed by atoms with Gasteiger partial charge in [0.05, 0.1) is 13.2 Å². The van der Waals surface area contributed by atoms with E-state index in [4.69, 9.17) is 19.5 Å². The average Bonchev–Trinajstić information content (AvgIpc) is 2.52. The molecule has 0 heterocycles. The first-order valence-corrected chi connectivity index (χ1v) is 6.78. The summed E-state index contributed by atoms with van der Waals surface area (Å²) in [5.74, 6) is -0.618. The molecule has 0 fully saturated rings. The van der Waals surface area contributed by atoms with E-state index in [9.17, 15) is 9.59 Å². The van der Waals surface area contributed by atoms with Crippen LogP contribution in [0, 0.1) is 11.3 Å². The standard InChI is InChI=1S/C16H17NO5/c1-3-20-15(18)11-22-14-7-5-12(6-8-14)9-13(10-17)16(19)21-4-2/h5-9H,3-4,11H2,1-2H3/b13-9+. The van der Waals surface area contributed by atoms with E-state index in [1.54, 1.807) is 44.2 Å². The molecule has 0 aliphatic heterocycles. The lowest BCUT2D eigenvalue weighted by molar-refractivity contribution is -0.145. The highest BCUT2D eigenvalue weighted by molar-refractivity contribution is 5.97. The SMILES string of the molecule is CCOC(=O)COc1ccc(/C=C(\C#N)C(=O)OCC)cc1. The number of carbonyl (C=O) groups excluding carboxylic acids is 2. The Hall–Kier alpha value is -2.81. The molecule has 22 heavy (non-hydrogen) atoms. The van der Waals surface area contributed by atoms with Crippen molar-refractivity contribution in [2.45, 2.75) is 13.8 Å². The lowest BCUT2D eigenvalue weighted by atomic mass is 10.1. The second kappa shape index (κ2) is 9.19. The molecular formula is C16H17NO5. The van der Waals surface area contributed by atoms with Crippen LogP contribution in [0.2, 0.25) is 0 Å². The van der Waals surface area contributed by atoms with Crippen LogP contribution >= 0.6 is 0 Å². The van der Waals surface area contributed by atoms with Crippen molar-refractivity contribution < 1.29 is 23.8 Å². The molecule has 0 N–H and O–H groups in total. The summed E-state index contributed by atoms with van der Waals surface area (Å²) in [6.45, 7) is 3.72. The summed E-state index contributed by atoms with van der Waals surface area (Å²) < 4.78 is 14.8. The van der Waals surface area contributed by atoms with Crippen LogP contribution in [-0.4, -0.2) is 31.8 Å². The van der Waals surface area contributed by atoms with Gasteiger partial charge < -0.3 is 14.2 Å². The van der Waals surface area contributed by atoms with Crippen molar-refractivity contribution in [3.8, 4) is 11.8 Å². The second-order valence-corrected chi connectivity index (χ2v) is 4.05. The maximum atomic E-state index is 11.5.